The van der Waals surface area contributed by atoms with Crippen molar-refractivity contribution >= 4 is 23.7 Å². The number of nitrogens with one attached hydrogen (secondary N) is 1. The Labute approximate surface area is 146 Å². The Kier molecular flexibility index (Phi) is 5.13. The highest BCUT2D eigenvalue weighted by Crippen LogP contribution is 2.21. The van der Waals surface area contributed by atoms with E-state index in [0.717, 1.165) is 23.5 Å². The first kappa shape index (κ1) is 16.8. The van der Waals surface area contributed by atoms with Crippen LogP contribution in [0.2, 0.25) is 0 Å². The topological polar surface area (TPSA) is 74.8 Å². The molecule has 1 saturated heterocycles. The summed E-state index contributed by atoms with van der Waals surface area (Å²) >= 11 is 0. The van der Waals surface area contributed by atoms with Gasteiger partial charge in [-0.2, -0.15) is 0 Å². The third-order valence-electron chi connectivity index (χ3n) is 4.09. The fraction of sp³-hybridized carbons (Fsp3) is 0.278. The van der Waals surface area contributed by atoms with Gasteiger partial charge in [-0.1, -0.05) is 6.07 Å². The Bertz CT molecular complexity index is 757. The van der Waals surface area contributed by atoms with Gasteiger partial charge in [0.05, 0.1) is 24.6 Å². The largest absolute Gasteiger partial charge is 0.497 e. The van der Waals surface area contributed by atoms with Gasteiger partial charge >= 0.3 is 0 Å². The number of benzene rings is 1. The number of carbonyl (C=O) groups is 2. The van der Waals surface area contributed by atoms with Gasteiger partial charge in [0, 0.05) is 44.1 Å². The SMILES string of the molecule is COc1cccc(Nc2cncc(C(=O)N3CCN(C=O)CC3)c2)c1. The number of methoxy groups -OCH3 is 1. The Hall–Kier alpha value is -3.09. The number of carbonyl (C=O) groups excluding carboxylic acids is 2. The standard InChI is InChI=1S/C18H20N4O3/c1-25-17-4-2-3-15(10-17)20-16-9-14(11-19-12-16)18(24)22-7-5-21(13-23)6-8-22/h2-4,9-13,20H,5-8H2,1H3. The van der Waals surface area contributed by atoms with Crippen LogP contribution in [-0.4, -0.2) is 60.4 Å². The van der Waals surface area contributed by atoms with Gasteiger partial charge in [-0.3, -0.25) is 14.6 Å². The van der Waals surface area contributed by atoms with Crippen LogP contribution < -0.4 is 10.1 Å². The quantitative estimate of drug-likeness (QED) is 0.840. The van der Waals surface area contributed by atoms with Crippen molar-refractivity contribution in [1.29, 1.82) is 0 Å². The molecule has 7 nitrogen and oxygen atoms in total. The van der Waals surface area contributed by atoms with E-state index in [0.29, 0.717) is 31.7 Å². The highest BCUT2D eigenvalue weighted by Gasteiger charge is 2.21. The molecule has 0 saturated carbocycles. The van der Waals surface area contributed by atoms with Gasteiger partial charge in [0.15, 0.2) is 0 Å². The summed E-state index contributed by atoms with van der Waals surface area (Å²) in [7, 11) is 1.62. The van der Waals surface area contributed by atoms with Crippen LogP contribution >= 0.6 is 0 Å². The average molecular weight is 340 g/mol. The zero-order valence-corrected chi connectivity index (χ0v) is 14.0. The van der Waals surface area contributed by atoms with Crippen LogP contribution in [0.1, 0.15) is 10.4 Å². The highest BCUT2D eigenvalue weighted by atomic mass is 16.5. The molecule has 1 aliphatic heterocycles. The summed E-state index contributed by atoms with van der Waals surface area (Å²) in [6.45, 7) is 2.19. The van der Waals surface area contributed by atoms with Crippen LogP contribution in [0.5, 0.6) is 5.75 Å². The molecule has 3 rings (SSSR count). The van der Waals surface area contributed by atoms with Crippen molar-refractivity contribution in [3.63, 3.8) is 0 Å². The maximum absolute atomic E-state index is 12.6. The Balaban J connectivity index is 1.70. The van der Waals surface area contributed by atoms with Crippen molar-refractivity contribution in [2.24, 2.45) is 0 Å². The predicted molar refractivity (Wildman–Crippen MR) is 94.1 cm³/mol. The first-order valence-electron chi connectivity index (χ1n) is 8.04. The van der Waals surface area contributed by atoms with Gasteiger partial charge in [-0.25, -0.2) is 0 Å². The van der Waals surface area contributed by atoms with Crippen LogP contribution in [0, 0.1) is 0 Å². The molecular weight excluding hydrogens is 320 g/mol. The average Bonchev–Trinajstić information content (AvgIpc) is 2.68. The molecule has 0 unspecified atom stereocenters. The molecular formula is C18H20N4O3. The highest BCUT2D eigenvalue weighted by molar-refractivity contribution is 5.95. The first-order chi connectivity index (χ1) is 12.2. The third-order valence-corrected chi connectivity index (χ3v) is 4.09. The lowest BCUT2D eigenvalue weighted by Crippen LogP contribution is -2.48. The second-order valence-corrected chi connectivity index (χ2v) is 5.75. The van der Waals surface area contributed by atoms with E-state index < -0.39 is 0 Å². The number of piperazine rings is 1. The molecule has 0 atom stereocenters. The Morgan fingerprint density at radius 2 is 1.96 bits per heavy atom. The smallest absolute Gasteiger partial charge is 0.255 e. The number of nitrogens with zero attached hydrogens (tertiary/aromatic N) is 3. The Morgan fingerprint density at radius 3 is 2.68 bits per heavy atom. The fourth-order valence-corrected chi connectivity index (χ4v) is 2.71. The molecule has 1 fully saturated rings. The second-order valence-electron chi connectivity index (χ2n) is 5.75. The van der Waals surface area contributed by atoms with E-state index in [1.54, 1.807) is 35.4 Å². The summed E-state index contributed by atoms with van der Waals surface area (Å²) in [4.78, 5) is 31.0. The lowest BCUT2D eigenvalue weighted by molar-refractivity contribution is -0.119. The van der Waals surface area contributed by atoms with Gasteiger partial charge in [-0.15, -0.1) is 0 Å². The first-order valence-corrected chi connectivity index (χ1v) is 8.04. The lowest BCUT2D eigenvalue weighted by Gasteiger charge is -2.32. The predicted octanol–water partition coefficient (Wildman–Crippen LogP) is 1.75. The second kappa shape index (κ2) is 7.65. The van der Waals surface area contributed by atoms with E-state index in [4.69, 9.17) is 4.74 Å². The maximum Gasteiger partial charge on any atom is 0.255 e. The minimum Gasteiger partial charge on any atom is -0.497 e. The molecule has 2 amide bonds. The van der Waals surface area contributed by atoms with Crippen molar-refractivity contribution in [3.8, 4) is 5.75 Å². The van der Waals surface area contributed by atoms with Crippen molar-refractivity contribution in [2.45, 2.75) is 0 Å². The van der Waals surface area contributed by atoms with Gasteiger partial charge in [0.25, 0.3) is 5.91 Å². The summed E-state index contributed by atoms with van der Waals surface area (Å²) in [6.07, 6.45) is 4.05. The lowest BCUT2D eigenvalue weighted by atomic mass is 10.2. The van der Waals surface area contributed by atoms with Crippen LogP contribution in [0.15, 0.2) is 42.7 Å². The van der Waals surface area contributed by atoms with Crippen molar-refractivity contribution in [3.05, 3.63) is 48.3 Å². The molecule has 2 aromatic rings. The van der Waals surface area contributed by atoms with E-state index in [-0.39, 0.29) is 5.91 Å². The maximum atomic E-state index is 12.6. The number of pyridine rings is 1. The van der Waals surface area contributed by atoms with E-state index in [1.165, 1.54) is 0 Å². The molecule has 25 heavy (non-hydrogen) atoms. The molecule has 0 bridgehead atoms. The number of hydrogen-bond donors (Lipinski definition) is 1. The van der Waals surface area contributed by atoms with Crippen LogP contribution in [0.4, 0.5) is 11.4 Å². The summed E-state index contributed by atoms with van der Waals surface area (Å²) < 4.78 is 5.21. The molecule has 1 aromatic heterocycles. The molecule has 1 N–H and O–H groups in total. The summed E-state index contributed by atoms with van der Waals surface area (Å²) in [5.74, 6) is 0.672. The molecule has 2 heterocycles. The molecule has 7 heteroatoms. The van der Waals surface area contributed by atoms with Crippen LogP contribution in [-0.2, 0) is 4.79 Å². The monoisotopic (exact) mass is 340 g/mol. The van der Waals surface area contributed by atoms with E-state index in [1.807, 2.05) is 24.3 Å². The van der Waals surface area contributed by atoms with E-state index >= 15 is 0 Å². The van der Waals surface area contributed by atoms with Crippen molar-refractivity contribution < 1.29 is 14.3 Å². The summed E-state index contributed by atoms with van der Waals surface area (Å²) in [5.41, 5.74) is 2.10. The number of aromatic nitrogens is 1. The Morgan fingerprint density at radius 1 is 1.16 bits per heavy atom. The van der Waals surface area contributed by atoms with Gasteiger partial charge in [-0.05, 0) is 18.2 Å². The number of amides is 2. The molecule has 1 aromatic carbocycles. The number of hydrogen-bond acceptors (Lipinski definition) is 5. The third kappa shape index (κ3) is 4.06. The fourth-order valence-electron chi connectivity index (χ4n) is 2.71. The zero-order valence-electron chi connectivity index (χ0n) is 14.0. The molecule has 1 aliphatic rings. The number of rotatable bonds is 5. The van der Waals surface area contributed by atoms with Gasteiger partial charge in [0.1, 0.15) is 5.75 Å². The molecule has 0 spiro atoms. The summed E-state index contributed by atoms with van der Waals surface area (Å²) in [5, 5.41) is 3.23. The minimum atomic E-state index is -0.0765. The van der Waals surface area contributed by atoms with E-state index in [2.05, 4.69) is 10.3 Å². The minimum absolute atomic E-state index is 0.0765. The van der Waals surface area contributed by atoms with Crippen molar-refractivity contribution in [1.82, 2.24) is 14.8 Å². The molecule has 130 valence electrons. The van der Waals surface area contributed by atoms with Crippen molar-refractivity contribution in [2.75, 3.05) is 38.6 Å². The summed E-state index contributed by atoms with van der Waals surface area (Å²) in [6, 6.07) is 9.31. The number of anilines is 2. The van der Waals surface area contributed by atoms with Crippen LogP contribution in [0.25, 0.3) is 0 Å². The van der Waals surface area contributed by atoms with Crippen LogP contribution in [0.3, 0.4) is 0 Å². The molecule has 0 radical (unpaired) electrons. The van der Waals surface area contributed by atoms with Gasteiger partial charge in [0.2, 0.25) is 6.41 Å². The molecule has 0 aliphatic carbocycles. The van der Waals surface area contributed by atoms with E-state index in [9.17, 15) is 9.59 Å². The zero-order chi connectivity index (χ0) is 17.6. The number of ether oxygens (including phenoxy) is 1. The normalized spacial score (nSPS) is 14.1. The van der Waals surface area contributed by atoms with Gasteiger partial charge < -0.3 is 19.9 Å².